The first-order valence-corrected chi connectivity index (χ1v) is 8.94. The second-order valence-corrected chi connectivity index (χ2v) is 6.56. The zero-order chi connectivity index (χ0) is 19.5. The van der Waals surface area contributed by atoms with Crippen LogP contribution in [0.5, 0.6) is 0 Å². The Hall–Kier alpha value is -3.68. The van der Waals surface area contributed by atoms with Crippen molar-refractivity contribution in [1.82, 2.24) is 0 Å². The minimum absolute atomic E-state index is 0.0210. The van der Waals surface area contributed by atoms with Crippen LogP contribution in [0, 0.1) is 27.9 Å². The lowest BCUT2D eigenvalue weighted by Crippen LogP contribution is -2.09. The molecule has 0 bridgehead atoms. The molecule has 136 valence electrons. The van der Waals surface area contributed by atoms with Gasteiger partial charge in [0.15, 0.2) is 0 Å². The summed E-state index contributed by atoms with van der Waals surface area (Å²) < 4.78 is 0. The molecular formula is C24H17NO3. The molecule has 0 radical (unpaired) electrons. The Labute approximate surface area is 162 Å². The molecule has 3 aromatic carbocycles. The fourth-order valence-corrected chi connectivity index (χ4v) is 3.37. The van der Waals surface area contributed by atoms with Crippen molar-refractivity contribution >= 4 is 16.8 Å². The lowest BCUT2D eigenvalue weighted by atomic mass is 10.0. The number of nitrogens with zero attached hydrogens (tertiary/aromatic N) is 1. The van der Waals surface area contributed by atoms with Gasteiger partial charge in [-0.1, -0.05) is 72.5 Å². The van der Waals surface area contributed by atoms with E-state index in [0.29, 0.717) is 5.56 Å². The summed E-state index contributed by atoms with van der Waals surface area (Å²) in [6.07, 6.45) is -0.847. The van der Waals surface area contributed by atoms with Gasteiger partial charge in [-0.2, -0.15) is 0 Å². The highest BCUT2D eigenvalue weighted by molar-refractivity contribution is 6.11. The van der Waals surface area contributed by atoms with E-state index < -0.39 is 11.0 Å². The van der Waals surface area contributed by atoms with Crippen molar-refractivity contribution in [3.8, 4) is 11.8 Å². The number of benzene rings is 3. The molecule has 1 atom stereocenters. The average Bonchev–Trinajstić information content (AvgIpc) is 3.49. The minimum Gasteiger partial charge on any atom is -0.379 e. The van der Waals surface area contributed by atoms with Crippen molar-refractivity contribution < 1.29 is 10.0 Å². The van der Waals surface area contributed by atoms with Gasteiger partial charge in [-0.3, -0.25) is 10.1 Å². The van der Waals surface area contributed by atoms with Crippen molar-refractivity contribution in [1.29, 1.82) is 0 Å². The number of rotatable bonds is 4. The van der Waals surface area contributed by atoms with Crippen LogP contribution in [-0.4, -0.2) is 16.1 Å². The standard InChI is InChI=1S/C24H17NO3/c26-21(16-13-17-11-14-20(15-12-17)25(27)28)24-22(18-7-3-1-4-8-18)23(24)19-9-5-2-6-10-19/h1-12,14-15,21,24,26H. The fourth-order valence-electron chi connectivity index (χ4n) is 3.37. The molecule has 0 fully saturated rings. The predicted molar refractivity (Wildman–Crippen MR) is 109 cm³/mol. The van der Waals surface area contributed by atoms with Crippen molar-refractivity contribution in [2.45, 2.75) is 6.10 Å². The molecule has 4 nitrogen and oxygen atoms in total. The van der Waals surface area contributed by atoms with Crippen LogP contribution in [0.4, 0.5) is 5.69 Å². The molecule has 1 aliphatic rings. The Morgan fingerprint density at radius 2 is 1.32 bits per heavy atom. The van der Waals surface area contributed by atoms with Gasteiger partial charge in [0, 0.05) is 23.6 Å². The van der Waals surface area contributed by atoms with Crippen LogP contribution in [0.1, 0.15) is 16.7 Å². The number of nitro groups is 1. The molecule has 3 aromatic rings. The highest BCUT2D eigenvalue weighted by Crippen LogP contribution is 2.54. The van der Waals surface area contributed by atoms with E-state index in [2.05, 4.69) is 11.8 Å². The maximum Gasteiger partial charge on any atom is 0.269 e. The monoisotopic (exact) mass is 367 g/mol. The quantitative estimate of drug-likeness (QED) is 0.418. The first-order chi connectivity index (χ1) is 13.6. The summed E-state index contributed by atoms with van der Waals surface area (Å²) in [7, 11) is 0. The van der Waals surface area contributed by atoms with Gasteiger partial charge in [-0.15, -0.1) is 0 Å². The van der Waals surface area contributed by atoms with Gasteiger partial charge in [0.25, 0.3) is 5.69 Å². The number of aliphatic hydroxyl groups is 1. The Bertz CT molecular complexity index is 1040. The Kier molecular flexibility index (Phi) is 4.76. The van der Waals surface area contributed by atoms with E-state index in [1.165, 1.54) is 12.1 Å². The van der Waals surface area contributed by atoms with Gasteiger partial charge in [-0.05, 0) is 34.4 Å². The smallest absolute Gasteiger partial charge is 0.269 e. The van der Waals surface area contributed by atoms with Gasteiger partial charge in [0.1, 0.15) is 6.10 Å². The summed E-state index contributed by atoms with van der Waals surface area (Å²) >= 11 is 0. The Balaban J connectivity index is 1.59. The third kappa shape index (κ3) is 3.57. The first-order valence-electron chi connectivity index (χ1n) is 8.94. The normalized spacial score (nSPS) is 14.2. The molecule has 28 heavy (non-hydrogen) atoms. The van der Waals surface area contributed by atoms with Crippen LogP contribution >= 0.6 is 0 Å². The summed E-state index contributed by atoms with van der Waals surface area (Å²) in [6.45, 7) is 0. The Morgan fingerprint density at radius 1 is 0.821 bits per heavy atom. The van der Waals surface area contributed by atoms with Crippen LogP contribution in [0.2, 0.25) is 0 Å². The first kappa shape index (κ1) is 17.7. The van der Waals surface area contributed by atoms with E-state index in [-0.39, 0.29) is 11.6 Å². The third-order valence-electron chi connectivity index (χ3n) is 4.76. The van der Waals surface area contributed by atoms with Crippen LogP contribution in [0.15, 0.2) is 84.9 Å². The molecular weight excluding hydrogens is 350 g/mol. The van der Waals surface area contributed by atoms with Crippen LogP contribution < -0.4 is 0 Å². The van der Waals surface area contributed by atoms with Crippen LogP contribution in [0.25, 0.3) is 11.1 Å². The lowest BCUT2D eigenvalue weighted by Gasteiger charge is -2.05. The maximum absolute atomic E-state index is 10.7. The van der Waals surface area contributed by atoms with Gasteiger partial charge in [0.2, 0.25) is 0 Å². The van der Waals surface area contributed by atoms with E-state index >= 15 is 0 Å². The van der Waals surface area contributed by atoms with Gasteiger partial charge < -0.3 is 5.11 Å². The van der Waals surface area contributed by atoms with E-state index in [4.69, 9.17) is 0 Å². The van der Waals surface area contributed by atoms with E-state index in [0.717, 1.165) is 22.3 Å². The zero-order valence-electron chi connectivity index (χ0n) is 14.9. The SMILES string of the molecule is O=[N+]([O-])c1ccc(C#CC(O)C2C(c3ccccc3)=C2c2ccccc2)cc1. The summed E-state index contributed by atoms with van der Waals surface area (Å²) in [5, 5.41) is 21.5. The molecule has 0 saturated heterocycles. The third-order valence-corrected chi connectivity index (χ3v) is 4.76. The molecule has 1 aliphatic carbocycles. The number of non-ortho nitro benzene ring substituents is 1. The van der Waals surface area contributed by atoms with E-state index in [1.807, 2.05) is 60.7 Å². The van der Waals surface area contributed by atoms with E-state index in [9.17, 15) is 15.2 Å². The summed E-state index contributed by atoms with van der Waals surface area (Å²) in [4.78, 5) is 10.3. The summed E-state index contributed by atoms with van der Waals surface area (Å²) in [5.74, 6) is 5.69. The highest BCUT2D eigenvalue weighted by Gasteiger charge is 2.42. The van der Waals surface area contributed by atoms with Crippen molar-refractivity contribution in [2.24, 2.45) is 5.92 Å². The number of hydrogen-bond donors (Lipinski definition) is 1. The summed E-state index contributed by atoms with van der Waals surface area (Å²) in [6, 6.07) is 26.0. The van der Waals surface area contributed by atoms with E-state index in [1.54, 1.807) is 12.1 Å². The molecule has 0 amide bonds. The van der Waals surface area contributed by atoms with Crippen molar-refractivity contribution in [3.05, 3.63) is 112 Å². The van der Waals surface area contributed by atoms with Gasteiger partial charge in [0.05, 0.1) is 4.92 Å². The lowest BCUT2D eigenvalue weighted by molar-refractivity contribution is -0.384. The maximum atomic E-state index is 10.7. The largest absolute Gasteiger partial charge is 0.379 e. The number of hydrogen-bond acceptors (Lipinski definition) is 3. The predicted octanol–water partition coefficient (Wildman–Crippen LogP) is 4.55. The minimum atomic E-state index is -0.847. The fraction of sp³-hybridized carbons (Fsp3) is 0.0833. The molecule has 0 aromatic heterocycles. The molecule has 4 heteroatoms. The zero-order valence-corrected chi connectivity index (χ0v) is 14.9. The average molecular weight is 367 g/mol. The second-order valence-electron chi connectivity index (χ2n) is 6.56. The van der Waals surface area contributed by atoms with Gasteiger partial charge in [-0.25, -0.2) is 0 Å². The van der Waals surface area contributed by atoms with Crippen molar-refractivity contribution in [2.75, 3.05) is 0 Å². The highest BCUT2D eigenvalue weighted by atomic mass is 16.6. The molecule has 1 N–H and O–H groups in total. The molecule has 1 unspecified atom stereocenters. The van der Waals surface area contributed by atoms with Crippen LogP contribution in [0.3, 0.4) is 0 Å². The summed E-state index contributed by atoms with van der Waals surface area (Å²) in [5.41, 5.74) is 5.04. The topological polar surface area (TPSA) is 63.4 Å². The molecule has 4 rings (SSSR count). The molecule has 0 aliphatic heterocycles. The number of nitro benzene ring substituents is 1. The molecule has 0 spiro atoms. The van der Waals surface area contributed by atoms with Crippen LogP contribution in [-0.2, 0) is 0 Å². The Morgan fingerprint density at radius 3 is 1.79 bits per heavy atom. The molecule has 0 saturated carbocycles. The van der Waals surface area contributed by atoms with Crippen molar-refractivity contribution in [3.63, 3.8) is 0 Å². The second kappa shape index (κ2) is 7.51. The van der Waals surface area contributed by atoms with Gasteiger partial charge >= 0.3 is 0 Å². The molecule has 0 heterocycles. The number of aliphatic hydroxyl groups excluding tert-OH is 1.